The maximum Gasteiger partial charge on any atom is 0.324 e. The number of esters is 1. The number of rotatable bonds is 4. The van der Waals surface area contributed by atoms with Crippen molar-refractivity contribution in [1.29, 1.82) is 0 Å². The maximum absolute atomic E-state index is 12.0. The summed E-state index contributed by atoms with van der Waals surface area (Å²) in [5.41, 5.74) is -0.548. The molecule has 1 N–H and O–H groups in total. The first-order chi connectivity index (χ1) is 8.33. The molecule has 0 radical (unpaired) electrons. The topological polar surface area (TPSA) is 66.8 Å². The van der Waals surface area contributed by atoms with E-state index in [9.17, 15) is 14.7 Å². The highest BCUT2D eigenvalue weighted by molar-refractivity contribution is 5.79. The number of carbonyl (C=O) groups is 2. The number of nitrogens with zero attached hydrogens (tertiary/aromatic N) is 1. The standard InChI is InChI=1S/C13H23NO4/c1-13(2,3)18-12(17)11(6-9-15)14-7-4-10(16)5-8-14/h9-11,16H,4-8H2,1-3H3. The summed E-state index contributed by atoms with van der Waals surface area (Å²) < 4.78 is 5.33. The van der Waals surface area contributed by atoms with Gasteiger partial charge in [0.25, 0.3) is 0 Å². The van der Waals surface area contributed by atoms with Crippen LogP contribution in [0, 0.1) is 0 Å². The van der Waals surface area contributed by atoms with Crippen LogP contribution in [-0.2, 0) is 14.3 Å². The summed E-state index contributed by atoms with van der Waals surface area (Å²) in [5.74, 6) is -0.356. The zero-order valence-electron chi connectivity index (χ0n) is 11.4. The van der Waals surface area contributed by atoms with Gasteiger partial charge >= 0.3 is 5.97 Å². The van der Waals surface area contributed by atoms with Crippen molar-refractivity contribution in [1.82, 2.24) is 4.90 Å². The molecule has 0 saturated carbocycles. The molecule has 0 amide bonds. The monoisotopic (exact) mass is 257 g/mol. The lowest BCUT2D eigenvalue weighted by atomic mass is 10.0. The van der Waals surface area contributed by atoms with Crippen molar-refractivity contribution < 1.29 is 19.4 Å². The lowest BCUT2D eigenvalue weighted by Crippen LogP contribution is -2.48. The Morgan fingerprint density at radius 1 is 1.44 bits per heavy atom. The maximum atomic E-state index is 12.0. The van der Waals surface area contributed by atoms with Gasteiger partial charge in [0.2, 0.25) is 0 Å². The number of aliphatic hydroxyl groups is 1. The summed E-state index contributed by atoms with van der Waals surface area (Å²) >= 11 is 0. The molecule has 0 spiro atoms. The van der Waals surface area contributed by atoms with Crippen molar-refractivity contribution in [2.75, 3.05) is 13.1 Å². The molecule has 1 fully saturated rings. The predicted octanol–water partition coefficient (Wildman–Crippen LogP) is 0.742. The number of ether oxygens (including phenoxy) is 1. The fraction of sp³-hybridized carbons (Fsp3) is 0.846. The van der Waals surface area contributed by atoms with Crippen LogP contribution in [0.2, 0.25) is 0 Å². The smallest absolute Gasteiger partial charge is 0.324 e. The zero-order valence-corrected chi connectivity index (χ0v) is 11.4. The molecular weight excluding hydrogens is 234 g/mol. The minimum atomic E-state index is -0.548. The van der Waals surface area contributed by atoms with Crippen molar-refractivity contribution in [2.45, 2.75) is 57.8 Å². The van der Waals surface area contributed by atoms with Crippen LogP contribution in [0.4, 0.5) is 0 Å². The Balaban J connectivity index is 2.64. The van der Waals surface area contributed by atoms with Gasteiger partial charge in [-0.3, -0.25) is 9.69 Å². The molecule has 1 saturated heterocycles. The van der Waals surface area contributed by atoms with Crippen LogP contribution in [0.3, 0.4) is 0 Å². The number of aliphatic hydroxyl groups excluding tert-OH is 1. The molecule has 1 aliphatic heterocycles. The second-order valence-corrected chi connectivity index (χ2v) is 5.72. The predicted molar refractivity (Wildman–Crippen MR) is 67.1 cm³/mol. The molecule has 0 aromatic carbocycles. The quantitative estimate of drug-likeness (QED) is 0.594. The third-order valence-corrected chi connectivity index (χ3v) is 2.94. The summed E-state index contributed by atoms with van der Waals surface area (Å²) in [6.45, 7) is 6.67. The van der Waals surface area contributed by atoms with Crippen LogP contribution in [0.25, 0.3) is 0 Å². The highest BCUT2D eigenvalue weighted by Gasteiger charge is 2.32. The van der Waals surface area contributed by atoms with Crippen LogP contribution in [0.1, 0.15) is 40.0 Å². The van der Waals surface area contributed by atoms with Crippen LogP contribution in [-0.4, -0.2) is 53.1 Å². The summed E-state index contributed by atoms with van der Waals surface area (Å²) in [6.07, 6.45) is 1.87. The molecule has 1 aliphatic rings. The van der Waals surface area contributed by atoms with Crippen molar-refractivity contribution in [3.63, 3.8) is 0 Å². The highest BCUT2D eigenvalue weighted by atomic mass is 16.6. The van der Waals surface area contributed by atoms with Gasteiger partial charge in [-0.15, -0.1) is 0 Å². The molecule has 0 aromatic rings. The summed E-state index contributed by atoms with van der Waals surface area (Å²) in [4.78, 5) is 24.7. The molecule has 5 heteroatoms. The molecule has 5 nitrogen and oxygen atoms in total. The van der Waals surface area contributed by atoms with Gasteiger partial charge in [0.1, 0.15) is 17.9 Å². The molecule has 1 atom stereocenters. The Morgan fingerprint density at radius 2 is 2.00 bits per heavy atom. The number of piperidine rings is 1. The Hall–Kier alpha value is -0.940. The first-order valence-corrected chi connectivity index (χ1v) is 6.42. The Kier molecular flexibility index (Phi) is 5.28. The van der Waals surface area contributed by atoms with E-state index in [1.165, 1.54) is 0 Å². The molecule has 1 heterocycles. The van der Waals surface area contributed by atoms with Gasteiger partial charge in [0, 0.05) is 19.5 Å². The Labute approximate surface area is 108 Å². The summed E-state index contributed by atoms with van der Waals surface area (Å²) in [6, 6.07) is -0.519. The van der Waals surface area contributed by atoms with E-state index in [1.807, 2.05) is 25.7 Å². The molecule has 104 valence electrons. The van der Waals surface area contributed by atoms with Gasteiger partial charge in [0.15, 0.2) is 0 Å². The molecule has 1 unspecified atom stereocenters. The molecule has 0 aromatic heterocycles. The first-order valence-electron chi connectivity index (χ1n) is 6.42. The number of carbonyl (C=O) groups excluding carboxylic acids is 2. The fourth-order valence-corrected chi connectivity index (χ4v) is 2.05. The number of hydrogen-bond donors (Lipinski definition) is 1. The van der Waals surface area contributed by atoms with Crippen molar-refractivity contribution >= 4 is 12.3 Å². The van der Waals surface area contributed by atoms with E-state index >= 15 is 0 Å². The normalized spacial score (nSPS) is 20.4. The van der Waals surface area contributed by atoms with Crippen LogP contribution in [0.5, 0.6) is 0 Å². The Bertz CT molecular complexity index is 290. The number of aldehydes is 1. The minimum absolute atomic E-state index is 0.144. The van der Waals surface area contributed by atoms with E-state index in [1.54, 1.807) is 0 Å². The second kappa shape index (κ2) is 6.29. The van der Waals surface area contributed by atoms with Crippen LogP contribution >= 0.6 is 0 Å². The first kappa shape index (κ1) is 15.1. The number of hydrogen-bond acceptors (Lipinski definition) is 5. The van der Waals surface area contributed by atoms with Gasteiger partial charge in [0.05, 0.1) is 6.10 Å². The molecule has 0 aliphatic carbocycles. The highest BCUT2D eigenvalue weighted by Crippen LogP contribution is 2.18. The average Bonchev–Trinajstić information content (AvgIpc) is 2.25. The third-order valence-electron chi connectivity index (χ3n) is 2.94. The van der Waals surface area contributed by atoms with E-state index in [0.717, 1.165) is 6.29 Å². The van der Waals surface area contributed by atoms with E-state index in [2.05, 4.69) is 0 Å². The van der Waals surface area contributed by atoms with Gasteiger partial charge < -0.3 is 14.6 Å². The molecule has 18 heavy (non-hydrogen) atoms. The molecular formula is C13H23NO4. The van der Waals surface area contributed by atoms with E-state index in [-0.39, 0.29) is 18.5 Å². The van der Waals surface area contributed by atoms with Gasteiger partial charge in [-0.1, -0.05) is 0 Å². The zero-order chi connectivity index (χ0) is 13.8. The fourth-order valence-electron chi connectivity index (χ4n) is 2.05. The minimum Gasteiger partial charge on any atom is -0.459 e. The third kappa shape index (κ3) is 4.74. The summed E-state index contributed by atoms with van der Waals surface area (Å²) in [5, 5.41) is 9.45. The lowest BCUT2D eigenvalue weighted by molar-refractivity contribution is -0.163. The van der Waals surface area contributed by atoms with Gasteiger partial charge in [-0.2, -0.15) is 0 Å². The Morgan fingerprint density at radius 3 is 2.44 bits per heavy atom. The van der Waals surface area contributed by atoms with Gasteiger partial charge in [-0.25, -0.2) is 0 Å². The molecule has 1 rings (SSSR count). The van der Waals surface area contributed by atoms with E-state index in [0.29, 0.717) is 25.9 Å². The second-order valence-electron chi connectivity index (χ2n) is 5.72. The largest absolute Gasteiger partial charge is 0.459 e. The summed E-state index contributed by atoms with van der Waals surface area (Å²) in [7, 11) is 0. The van der Waals surface area contributed by atoms with E-state index in [4.69, 9.17) is 4.74 Å². The van der Waals surface area contributed by atoms with Gasteiger partial charge in [-0.05, 0) is 33.6 Å². The SMILES string of the molecule is CC(C)(C)OC(=O)C(CC=O)N1CCC(O)CC1. The molecule has 0 bridgehead atoms. The van der Waals surface area contributed by atoms with Crippen molar-refractivity contribution in [2.24, 2.45) is 0 Å². The van der Waals surface area contributed by atoms with Crippen molar-refractivity contribution in [3.05, 3.63) is 0 Å². The van der Waals surface area contributed by atoms with Crippen LogP contribution < -0.4 is 0 Å². The van der Waals surface area contributed by atoms with Crippen molar-refractivity contribution in [3.8, 4) is 0 Å². The average molecular weight is 257 g/mol. The van der Waals surface area contributed by atoms with Crippen LogP contribution in [0.15, 0.2) is 0 Å². The number of likely N-dealkylation sites (tertiary alicyclic amines) is 1. The lowest BCUT2D eigenvalue weighted by Gasteiger charge is -2.35. The van der Waals surface area contributed by atoms with E-state index < -0.39 is 11.6 Å².